The number of nitrogens with one attached hydrogen (secondary N) is 1. The first-order valence-corrected chi connectivity index (χ1v) is 5.89. The number of amides is 1. The highest BCUT2D eigenvalue weighted by molar-refractivity contribution is 6.34. The summed E-state index contributed by atoms with van der Waals surface area (Å²) in [5, 5.41) is 3.20. The van der Waals surface area contributed by atoms with Crippen LogP contribution in [0, 0.1) is 0 Å². The van der Waals surface area contributed by atoms with Gasteiger partial charge < -0.3 is 15.8 Å². The van der Waals surface area contributed by atoms with Gasteiger partial charge in [0, 0.05) is 12.3 Å². The van der Waals surface area contributed by atoms with Crippen LogP contribution in [0.4, 0.5) is 11.4 Å². The summed E-state index contributed by atoms with van der Waals surface area (Å²) in [5.41, 5.74) is 5.96. The number of nitrogen functional groups attached to an aromatic ring is 1. The molecule has 0 bridgehead atoms. The molecule has 17 heavy (non-hydrogen) atoms. The molecule has 1 aromatic carbocycles. The van der Waals surface area contributed by atoms with Crippen LogP contribution < -0.4 is 11.1 Å². The first kappa shape index (κ1) is 12.2. The van der Waals surface area contributed by atoms with Crippen LogP contribution >= 0.6 is 11.6 Å². The van der Waals surface area contributed by atoms with Crippen LogP contribution in [0.1, 0.15) is 19.8 Å². The number of hydrogen-bond donors (Lipinski definition) is 2. The van der Waals surface area contributed by atoms with Gasteiger partial charge in [-0.1, -0.05) is 11.6 Å². The summed E-state index contributed by atoms with van der Waals surface area (Å²) in [5.74, 6) is -0.165. The molecule has 4 nitrogen and oxygen atoms in total. The number of rotatable bonds is 2. The Kier molecular flexibility index (Phi) is 3.26. The Labute approximate surface area is 105 Å². The molecular formula is C12H15ClN2O2. The van der Waals surface area contributed by atoms with Gasteiger partial charge in [-0.25, -0.2) is 0 Å². The molecule has 0 spiro atoms. The molecule has 1 heterocycles. The number of nitrogens with two attached hydrogens (primary N) is 1. The maximum Gasteiger partial charge on any atom is 0.256 e. The number of carbonyl (C=O) groups excluding carboxylic acids is 1. The average molecular weight is 255 g/mol. The predicted molar refractivity (Wildman–Crippen MR) is 68.1 cm³/mol. The van der Waals surface area contributed by atoms with Gasteiger partial charge in [0.05, 0.1) is 10.7 Å². The number of anilines is 2. The van der Waals surface area contributed by atoms with Crippen molar-refractivity contribution in [2.75, 3.05) is 17.7 Å². The summed E-state index contributed by atoms with van der Waals surface area (Å²) in [7, 11) is 0. The Morgan fingerprint density at radius 1 is 1.59 bits per heavy atom. The van der Waals surface area contributed by atoms with E-state index >= 15 is 0 Å². The van der Waals surface area contributed by atoms with Crippen molar-refractivity contribution < 1.29 is 9.53 Å². The molecule has 1 aromatic rings. The lowest BCUT2D eigenvalue weighted by Gasteiger charge is -2.22. The molecule has 1 saturated heterocycles. The normalized spacial score (nSPS) is 23.6. The number of carbonyl (C=O) groups is 1. The molecule has 1 aliphatic heterocycles. The molecule has 5 heteroatoms. The van der Waals surface area contributed by atoms with Crippen LogP contribution in [0.15, 0.2) is 18.2 Å². The van der Waals surface area contributed by atoms with Crippen molar-refractivity contribution in [3.05, 3.63) is 23.2 Å². The van der Waals surface area contributed by atoms with E-state index < -0.39 is 5.60 Å². The molecule has 3 N–H and O–H groups in total. The monoisotopic (exact) mass is 254 g/mol. The molecule has 1 unspecified atom stereocenters. The van der Waals surface area contributed by atoms with Crippen molar-refractivity contribution >= 4 is 28.9 Å². The molecule has 1 amide bonds. The summed E-state index contributed by atoms with van der Waals surface area (Å²) in [6.07, 6.45) is 1.63. The highest BCUT2D eigenvalue weighted by atomic mass is 35.5. The Morgan fingerprint density at radius 3 is 2.94 bits per heavy atom. The average Bonchev–Trinajstić information content (AvgIpc) is 2.71. The molecule has 2 rings (SSSR count). The molecule has 0 saturated carbocycles. The second kappa shape index (κ2) is 4.55. The standard InChI is InChI=1S/C12H15ClN2O2/c1-12(5-2-6-17-12)11(16)15-10-4-3-8(14)7-9(10)13/h3-4,7H,2,5-6,14H2,1H3,(H,15,16). The summed E-state index contributed by atoms with van der Waals surface area (Å²) in [4.78, 5) is 12.0. The first-order valence-electron chi connectivity index (χ1n) is 5.52. The molecule has 0 aliphatic carbocycles. The van der Waals surface area contributed by atoms with Crippen LogP contribution in [-0.4, -0.2) is 18.1 Å². The summed E-state index contributed by atoms with van der Waals surface area (Å²) in [6, 6.07) is 4.99. The number of halogens is 1. The largest absolute Gasteiger partial charge is 0.399 e. The third-order valence-electron chi connectivity index (χ3n) is 2.94. The van der Waals surface area contributed by atoms with Crippen molar-refractivity contribution in [2.45, 2.75) is 25.4 Å². The van der Waals surface area contributed by atoms with Crippen molar-refractivity contribution in [3.63, 3.8) is 0 Å². The predicted octanol–water partition coefficient (Wildman–Crippen LogP) is 2.43. The van der Waals surface area contributed by atoms with Crippen LogP contribution in [0.3, 0.4) is 0 Å². The zero-order chi connectivity index (χ0) is 12.5. The van der Waals surface area contributed by atoms with Crippen LogP contribution in [0.5, 0.6) is 0 Å². The molecule has 92 valence electrons. The van der Waals surface area contributed by atoms with E-state index in [-0.39, 0.29) is 5.91 Å². The van der Waals surface area contributed by atoms with Gasteiger partial charge in [-0.3, -0.25) is 4.79 Å². The number of hydrogen-bond acceptors (Lipinski definition) is 3. The van der Waals surface area contributed by atoms with Gasteiger partial charge in [0.15, 0.2) is 0 Å². The van der Waals surface area contributed by atoms with E-state index in [1.54, 1.807) is 25.1 Å². The van der Waals surface area contributed by atoms with Gasteiger partial charge >= 0.3 is 0 Å². The minimum atomic E-state index is -0.745. The van der Waals surface area contributed by atoms with Crippen molar-refractivity contribution in [1.29, 1.82) is 0 Å². The molecule has 0 aromatic heterocycles. The minimum absolute atomic E-state index is 0.165. The first-order chi connectivity index (χ1) is 8.01. The fraction of sp³-hybridized carbons (Fsp3) is 0.417. The Bertz CT molecular complexity index is 442. The van der Waals surface area contributed by atoms with E-state index in [1.807, 2.05) is 0 Å². The quantitative estimate of drug-likeness (QED) is 0.797. The minimum Gasteiger partial charge on any atom is -0.399 e. The lowest BCUT2D eigenvalue weighted by molar-refractivity contribution is -0.133. The van der Waals surface area contributed by atoms with Gasteiger partial charge in [-0.15, -0.1) is 0 Å². The lowest BCUT2D eigenvalue weighted by Crippen LogP contribution is -2.39. The van der Waals surface area contributed by atoms with Crippen molar-refractivity contribution in [2.24, 2.45) is 0 Å². The van der Waals surface area contributed by atoms with E-state index in [1.165, 1.54) is 0 Å². The maximum absolute atomic E-state index is 12.0. The smallest absolute Gasteiger partial charge is 0.256 e. The van der Waals surface area contributed by atoms with Gasteiger partial charge in [0.25, 0.3) is 5.91 Å². The molecule has 0 radical (unpaired) electrons. The fourth-order valence-corrected chi connectivity index (χ4v) is 2.08. The van der Waals surface area contributed by atoms with E-state index in [0.29, 0.717) is 23.0 Å². The summed E-state index contributed by atoms with van der Waals surface area (Å²) >= 11 is 5.99. The highest BCUT2D eigenvalue weighted by Crippen LogP contribution is 2.29. The number of benzene rings is 1. The highest BCUT2D eigenvalue weighted by Gasteiger charge is 2.37. The second-order valence-electron chi connectivity index (χ2n) is 4.38. The second-order valence-corrected chi connectivity index (χ2v) is 4.78. The van der Waals surface area contributed by atoms with Gasteiger partial charge in [0.1, 0.15) is 5.60 Å². The van der Waals surface area contributed by atoms with Gasteiger partial charge in [-0.2, -0.15) is 0 Å². The van der Waals surface area contributed by atoms with E-state index in [0.717, 1.165) is 12.8 Å². The Hall–Kier alpha value is -1.26. The van der Waals surface area contributed by atoms with Crippen LogP contribution in [-0.2, 0) is 9.53 Å². The van der Waals surface area contributed by atoms with Gasteiger partial charge in [0.2, 0.25) is 0 Å². The zero-order valence-electron chi connectivity index (χ0n) is 9.63. The zero-order valence-corrected chi connectivity index (χ0v) is 10.4. The van der Waals surface area contributed by atoms with Crippen molar-refractivity contribution in [3.8, 4) is 0 Å². The maximum atomic E-state index is 12.0. The lowest BCUT2D eigenvalue weighted by atomic mass is 10.0. The SMILES string of the molecule is CC1(C(=O)Nc2ccc(N)cc2Cl)CCCO1. The molecule has 1 aliphatic rings. The topological polar surface area (TPSA) is 64.4 Å². The van der Waals surface area contributed by atoms with Gasteiger partial charge in [-0.05, 0) is 38.0 Å². The Balaban J connectivity index is 2.13. The Morgan fingerprint density at radius 2 is 2.35 bits per heavy atom. The molecule has 1 fully saturated rings. The number of ether oxygens (including phenoxy) is 1. The molecule has 1 atom stereocenters. The third kappa shape index (κ3) is 2.53. The van der Waals surface area contributed by atoms with E-state index in [4.69, 9.17) is 22.1 Å². The van der Waals surface area contributed by atoms with E-state index in [9.17, 15) is 4.79 Å². The third-order valence-corrected chi connectivity index (χ3v) is 3.25. The van der Waals surface area contributed by atoms with Crippen molar-refractivity contribution in [1.82, 2.24) is 0 Å². The van der Waals surface area contributed by atoms with Crippen LogP contribution in [0.2, 0.25) is 5.02 Å². The molecular weight excluding hydrogens is 240 g/mol. The fourth-order valence-electron chi connectivity index (χ4n) is 1.85. The van der Waals surface area contributed by atoms with Crippen LogP contribution in [0.25, 0.3) is 0 Å². The van der Waals surface area contributed by atoms with E-state index in [2.05, 4.69) is 5.32 Å². The summed E-state index contributed by atoms with van der Waals surface area (Å²) in [6.45, 7) is 2.42. The summed E-state index contributed by atoms with van der Waals surface area (Å²) < 4.78 is 5.46.